The van der Waals surface area contributed by atoms with Gasteiger partial charge in [0.15, 0.2) is 5.76 Å². The number of benzene rings is 2. The third-order valence-corrected chi connectivity index (χ3v) is 7.60. The number of nitrogens with one attached hydrogen (secondary N) is 2. The second-order valence-electron chi connectivity index (χ2n) is 8.17. The van der Waals surface area contributed by atoms with Crippen LogP contribution in [0, 0.1) is 0 Å². The number of amides is 2. The summed E-state index contributed by atoms with van der Waals surface area (Å²) < 4.78 is 32.7. The molecule has 2 heterocycles. The van der Waals surface area contributed by atoms with Gasteiger partial charge < -0.3 is 15.1 Å². The van der Waals surface area contributed by atoms with E-state index in [1.807, 2.05) is 30.3 Å². The van der Waals surface area contributed by atoms with Gasteiger partial charge in [-0.05, 0) is 48.7 Å². The SMILES string of the molecule is O=C(NC(Cc1ccccc1)C(=O)Nc1cccc(S(=O)(=O)N2CCCCC2)c1)c1ccco1. The van der Waals surface area contributed by atoms with Gasteiger partial charge in [-0.1, -0.05) is 42.8 Å². The Morgan fingerprint density at radius 1 is 0.941 bits per heavy atom. The first-order valence-corrected chi connectivity index (χ1v) is 12.7. The van der Waals surface area contributed by atoms with Crippen LogP contribution in [0.15, 0.2) is 82.3 Å². The van der Waals surface area contributed by atoms with E-state index in [0.29, 0.717) is 18.8 Å². The highest BCUT2D eigenvalue weighted by Crippen LogP contribution is 2.23. The van der Waals surface area contributed by atoms with E-state index in [1.165, 1.54) is 28.8 Å². The molecule has 0 saturated carbocycles. The normalized spacial score (nSPS) is 15.4. The lowest BCUT2D eigenvalue weighted by molar-refractivity contribution is -0.118. The van der Waals surface area contributed by atoms with Crippen LogP contribution in [0.3, 0.4) is 0 Å². The highest BCUT2D eigenvalue weighted by Gasteiger charge is 2.27. The Morgan fingerprint density at radius 3 is 2.41 bits per heavy atom. The summed E-state index contributed by atoms with van der Waals surface area (Å²) >= 11 is 0. The van der Waals surface area contributed by atoms with Crippen LogP contribution in [-0.4, -0.2) is 43.7 Å². The summed E-state index contributed by atoms with van der Waals surface area (Å²) in [5, 5.41) is 5.47. The smallest absolute Gasteiger partial charge is 0.287 e. The standard InChI is InChI=1S/C25H27N3O5S/c29-24(22(17-19-9-3-1-4-10-19)27-25(30)23-13-8-16-33-23)26-20-11-7-12-21(18-20)34(31,32)28-14-5-2-6-15-28/h1,3-4,7-13,16,18,22H,2,5-6,14-15,17H2,(H,26,29)(H,27,30). The zero-order chi connectivity index (χ0) is 24.0. The fraction of sp³-hybridized carbons (Fsp3) is 0.280. The van der Waals surface area contributed by atoms with E-state index in [-0.39, 0.29) is 17.1 Å². The summed E-state index contributed by atoms with van der Waals surface area (Å²) in [7, 11) is -3.64. The maximum atomic E-state index is 13.2. The predicted molar refractivity (Wildman–Crippen MR) is 128 cm³/mol. The molecule has 2 amide bonds. The number of sulfonamides is 1. The van der Waals surface area contributed by atoms with Crippen LogP contribution in [0.1, 0.15) is 35.4 Å². The highest BCUT2D eigenvalue weighted by molar-refractivity contribution is 7.89. The number of piperidine rings is 1. The first-order chi connectivity index (χ1) is 16.4. The van der Waals surface area contributed by atoms with E-state index in [9.17, 15) is 18.0 Å². The number of carbonyl (C=O) groups is 2. The van der Waals surface area contributed by atoms with Gasteiger partial charge in [0.2, 0.25) is 15.9 Å². The molecule has 1 unspecified atom stereocenters. The molecular weight excluding hydrogens is 454 g/mol. The molecule has 8 nitrogen and oxygen atoms in total. The van der Waals surface area contributed by atoms with Crippen LogP contribution >= 0.6 is 0 Å². The van der Waals surface area contributed by atoms with Crippen molar-refractivity contribution >= 4 is 27.5 Å². The van der Waals surface area contributed by atoms with E-state index >= 15 is 0 Å². The zero-order valence-corrected chi connectivity index (χ0v) is 19.5. The van der Waals surface area contributed by atoms with Crippen molar-refractivity contribution in [1.29, 1.82) is 0 Å². The Balaban J connectivity index is 1.52. The molecule has 2 N–H and O–H groups in total. The van der Waals surface area contributed by atoms with E-state index in [1.54, 1.807) is 18.2 Å². The van der Waals surface area contributed by atoms with Gasteiger partial charge in [0.25, 0.3) is 5.91 Å². The van der Waals surface area contributed by atoms with Crippen LogP contribution in [0.5, 0.6) is 0 Å². The summed E-state index contributed by atoms with van der Waals surface area (Å²) in [5.41, 5.74) is 1.21. The number of carbonyl (C=O) groups excluding carboxylic acids is 2. The molecule has 1 aliphatic rings. The molecule has 3 aromatic rings. The van der Waals surface area contributed by atoms with Crippen molar-refractivity contribution < 1.29 is 22.4 Å². The Labute approximate surface area is 199 Å². The number of rotatable bonds is 8. The number of nitrogens with zero attached hydrogens (tertiary/aromatic N) is 1. The van der Waals surface area contributed by atoms with Gasteiger partial charge in [-0.15, -0.1) is 0 Å². The quantitative estimate of drug-likeness (QED) is 0.512. The van der Waals surface area contributed by atoms with Crippen molar-refractivity contribution in [3.63, 3.8) is 0 Å². The van der Waals surface area contributed by atoms with E-state index < -0.39 is 27.9 Å². The van der Waals surface area contributed by atoms with Gasteiger partial charge >= 0.3 is 0 Å². The predicted octanol–water partition coefficient (Wildman–Crippen LogP) is 3.43. The fourth-order valence-corrected chi connectivity index (χ4v) is 5.48. The van der Waals surface area contributed by atoms with Gasteiger partial charge in [0.1, 0.15) is 6.04 Å². The Morgan fingerprint density at radius 2 is 1.71 bits per heavy atom. The van der Waals surface area contributed by atoms with Crippen LogP contribution in [-0.2, 0) is 21.2 Å². The lowest BCUT2D eigenvalue weighted by Gasteiger charge is -2.26. The molecule has 1 aromatic heterocycles. The van der Waals surface area contributed by atoms with Crippen molar-refractivity contribution in [3.8, 4) is 0 Å². The zero-order valence-electron chi connectivity index (χ0n) is 18.6. The molecule has 1 aliphatic heterocycles. The minimum absolute atomic E-state index is 0.0977. The lowest BCUT2D eigenvalue weighted by Crippen LogP contribution is -2.45. The summed E-state index contributed by atoms with van der Waals surface area (Å²) in [4.78, 5) is 25.9. The molecule has 0 radical (unpaired) electrons. The molecule has 4 rings (SSSR count). The Bertz CT molecular complexity index is 1220. The fourth-order valence-electron chi connectivity index (χ4n) is 3.91. The van der Waals surface area contributed by atoms with Gasteiger partial charge in [-0.25, -0.2) is 8.42 Å². The molecule has 178 valence electrons. The summed E-state index contributed by atoms with van der Waals surface area (Å²) in [6.07, 6.45) is 4.34. The maximum Gasteiger partial charge on any atom is 0.287 e. The van der Waals surface area contributed by atoms with Gasteiger partial charge in [-0.2, -0.15) is 4.31 Å². The van der Waals surface area contributed by atoms with Crippen molar-refractivity contribution in [2.24, 2.45) is 0 Å². The van der Waals surface area contributed by atoms with Crippen molar-refractivity contribution in [2.75, 3.05) is 18.4 Å². The average Bonchev–Trinajstić information content (AvgIpc) is 3.40. The molecule has 0 bridgehead atoms. The first kappa shape index (κ1) is 23.7. The van der Waals surface area contributed by atoms with Crippen LogP contribution in [0.25, 0.3) is 0 Å². The average molecular weight is 482 g/mol. The molecule has 0 spiro atoms. The van der Waals surface area contributed by atoms with E-state index in [2.05, 4.69) is 10.6 Å². The minimum Gasteiger partial charge on any atom is -0.459 e. The molecule has 2 aromatic carbocycles. The van der Waals surface area contributed by atoms with Crippen LogP contribution in [0.2, 0.25) is 0 Å². The second kappa shape index (κ2) is 10.7. The molecule has 1 atom stereocenters. The second-order valence-corrected chi connectivity index (χ2v) is 10.1. The largest absolute Gasteiger partial charge is 0.459 e. The number of hydrogen-bond donors (Lipinski definition) is 2. The Hall–Kier alpha value is -3.43. The summed E-state index contributed by atoms with van der Waals surface area (Å²) in [6, 6.07) is 17.7. The molecule has 0 aliphatic carbocycles. The first-order valence-electron chi connectivity index (χ1n) is 11.2. The topological polar surface area (TPSA) is 109 Å². The molecule has 9 heteroatoms. The highest BCUT2D eigenvalue weighted by atomic mass is 32.2. The summed E-state index contributed by atoms with van der Waals surface area (Å²) in [5.74, 6) is -0.876. The van der Waals surface area contributed by atoms with Crippen molar-refractivity contribution in [3.05, 3.63) is 84.3 Å². The number of hydrogen-bond acceptors (Lipinski definition) is 5. The number of furan rings is 1. The molecule has 1 fully saturated rings. The van der Waals surface area contributed by atoms with Gasteiger partial charge in [0.05, 0.1) is 11.2 Å². The third-order valence-electron chi connectivity index (χ3n) is 5.70. The summed E-state index contributed by atoms with van der Waals surface area (Å²) in [6.45, 7) is 0.994. The van der Waals surface area contributed by atoms with Gasteiger partial charge in [0, 0.05) is 25.2 Å². The van der Waals surface area contributed by atoms with E-state index in [0.717, 1.165) is 24.8 Å². The van der Waals surface area contributed by atoms with E-state index in [4.69, 9.17) is 4.42 Å². The van der Waals surface area contributed by atoms with Crippen LogP contribution < -0.4 is 10.6 Å². The molecule has 34 heavy (non-hydrogen) atoms. The van der Waals surface area contributed by atoms with Crippen molar-refractivity contribution in [1.82, 2.24) is 9.62 Å². The molecular formula is C25H27N3O5S. The Kier molecular flexibility index (Phi) is 7.44. The maximum absolute atomic E-state index is 13.2. The van der Waals surface area contributed by atoms with Crippen molar-refractivity contribution in [2.45, 2.75) is 36.6 Å². The minimum atomic E-state index is -3.64. The monoisotopic (exact) mass is 481 g/mol. The van der Waals surface area contributed by atoms with Crippen LogP contribution in [0.4, 0.5) is 5.69 Å². The molecule has 1 saturated heterocycles. The lowest BCUT2D eigenvalue weighted by atomic mass is 10.0. The number of anilines is 1. The third kappa shape index (κ3) is 5.73. The van der Waals surface area contributed by atoms with Gasteiger partial charge in [-0.3, -0.25) is 9.59 Å².